The molecule has 0 radical (unpaired) electrons. The second-order valence-corrected chi connectivity index (χ2v) is 7.04. The Kier molecular flexibility index (Phi) is 6.29. The lowest BCUT2D eigenvalue weighted by atomic mass is 9.76. The van der Waals surface area contributed by atoms with E-state index in [9.17, 15) is 9.00 Å². The Morgan fingerprint density at radius 2 is 2.06 bits per heavy atom. The molecule has 0 saturated carbocycles. The summed E-state index contributed by atoms with van der Waals surface area (Å²) in [7, 11) is -0.803. The van der Waals surface area contributed by atoms with Gasteiger partial charge in [-0.05, 0) is 38.8 Å². The third-order valence-electron chi connectivity index (χ3n) is 4.12. The van der Waals surface area contributed by atoms with Crippen molar-refractivity contribution in [1.29, 1.82) is 0 Å². The smallest absolute Gasteiger partial charge is 0.226 e. The highest BCUT2D eigenvalue weighted by atomic mass is 32.2. The van der Waals surface area contributed by atoms with Gasteiger partial charge in [-0.1, -0.05) is 13.8 Å². The monoisotopic (exact) mass is 274 g/mol. The molecule has 5 heteroatoms. The molecule has 106 valence electrons. The summed E-state index contributed by atoms with van der Waals surface area (Å²) in [6.45, 7) is 6.54. The minimum Gasteiger partial charge on any atom is -0.356 e. The number of hydrogen-bond acceptors (Lipinski definition) is 3. The van der Waals surface area contributed by atoms with Crippen LogP contribution in [0, 0.1) is 5.41 Å². The van der Waals surface area contributed by atoms with Gasteiger partial charge in [-0.3, -0.25) is 9.00 Å². The highest BCUT2D eigenvalue weighted by molar-refractivity contribution is 7.84. The van der Waals surface area contributed by atoms with Gasteiger partial charge >= 0.3 is 0 Å². The SMILES string of the molecule is CCC1(C(=O)NCCC(C)S(C)=O)CCNCC1. The van der Waals surface area contributed by atoms with Crippen LogP contribution in [0.15, 0.2) is 0 Å². The van der Waals surface area contributed by atoms with Crippen molar-refractivity contribution in [2.24, 2.45) is 5.41 Å². The van der Waals surface area contributed by atoms with Gasteiger partial charge in [0, 0.05) is 28.9 Å². The fourth-order valence-corrected chi connectivity index (χ4v) is 2.84. The Morgan fingerprint density at radius 3 is 2.56 bits per heavy atom. The van der Waals surface area contributed by atoms with Crippen molar-refractivity contribution in [2.75, 3.05) is 25.9 Å². The average molecular weight is 274 g/mol. The summed E-state index contributed by atoms with van der Waals surface area (Å²) in [5, 5.41) is 6.48. The second kappa shape index (κ2) is 7.24. The lowest BCUT2D eigenvalue weighted by Crippen LogP contribution is -2.47. The van der Waals surface area contributed by atoms with Gasteiger partial charge < -0.3 is 10.6 Å². The third kappa shape index (κ3) is 4.05. The van der Waals surface area contributed by atoms with Crippen molar-refractivity contribution < 1.29 is 9.00 Å². The van der Waals surface area contributed by atoms with Gasteiger partial charge in [0.15, 0.2) is 0 Å². The minimum atomic E-state index is -0.803. The fourth-order valence-electron chi connectivity index (χ4n) is 2.39. The molecule has 1 saturated heterocycles. The number of rotatable bonds is 6. The highest BCUT2D eigenvalue weighted by Gasteiger charge is 2.37. The van der Waals surface area contributed by atoms with Gasteiger partial charge in [-0.2, -0.15) is 0 Å². The summed E-state index contributed by atoms with van der Waals surface area (Å²) < 4.78 is 11.2. The van der Waals surface area contributed by atoms with Crippen molar-refractivity contribution in [2.45, 2.75) is 44.8 Å². The zero-order chi connectivity index (χ0) is 13.6. The molecule has 0 spiro atoms. The van der Waals surface area contributed by atoms with Gasteiger partial charge in [0.2, 0.25) is 5.91 Å². The van der Waals surface area contributed by atoms with Crippen LogP contribution in [0.5, 0.6) is 0 Å². The zero-order valence-corrected chi connectivity index (χ0v) is 12.6. The average Bonchev–Trinajstić information content (AvgIpc) is 2.39. The molecule has 1 rings (SSSR count). The summed E-state index contributed by atoms with van der Waals surface area (Å²) in [6.07, 6.45) is 5.24. The molecule has 1 aliphatic heterocycles. The van der Waals surface area contributed by atoms with Gasteiger partial charge in [-0.25, -0.2) is 0 Å². The molecule has 18 heavy (non-hydrogen) atoms. The van der Waals surface area contributed by atoms with Crippen LogP contribution >= 0.6 is 0 Å². The first-order chi connectivity index (χ1) is 8.52. The number of carbonyl (C=O) groups is 1. The normalized spacial score (nSPS) is 22.2. The van der Waals surface area contributed by atoms with Crippen molar-refractivity contribution in [3.05, 3.63) is 0 Å². The molecule has 0 aliphatic carbocycles. The second-order valence-electron chi connectivity index (χ2n) is 5.24. The minimum absolute atomic E-state index is 0.149. The summed E-state index contributed by atoms with van der Waals surface area (Å²) in [4.78, 5) is 12.3. The third-order valence-corrected chi connectivity index (χ3v) is 5.49. The number of nitrogens with one attached hydrogen (secondary N) is 2. The standard InChI is InChI=1S/C13H26N2O2S/c1-4-13(6-9-14-10-7-13)12(16)15-8-5-11(2)18(3)17/h11,14H,4-10H2,1-3H3,(H,15,16). The van der Waals surface area contributed by atoms with E-state index in [1.165, 1.54) is 0 Å². The Labute approximate surface area is 113 Å². The molecule has 2 atom stereocenters. The van der Waals surface area contributed by atoms with Gasteiger partial charge in [-0.15, -0.1) is 0 Å². The predicted octanol–water partition coefficient (Wildman–Crippen LogP) is 1.04. The lowest BCUT2D eigenvalue weighted by Gasteiger charge is -2.35. The molecule has 1 amide bonds. The molecule has 0 aromatic carbocycles. The molecule has 2 N–H and O–H groups in total. The van der Waals surface area contributed by atoms with E-state index in [1.54, 1.807) is 6.26 Å². The first-order valence-electron chi connectivity index (χ1n) is 6.83. The number of carbonyl (C=O) groups excluding carboxylic acids is 1. The molecule has 2 unspecified atom stereocenters. The van der Waals surface area contributed by atoms with E-state index in [4.69, 9.17) is 0 Å². The molecule has 4 nitrogen and oxygen atoms in total. The van der Waals surface area contributed by atoms with Crippen LogP contribution in [0.3, 0.4) is 0 Å². The van der Waals surface area contributed by atoms with E-state index in [0.717, 1.165) is 38.8 Å². The Balaban J connectivity index is 2.41. The van der Waals surface area contributed by atoms with Crippen molar-refractivity contribution in [1.82, 2.24) is 10.6 Å². The Morgan fingerprint density at radius 1 is 1.44 bits per heavy atom. The van der Waals surface area contributed by atoms with Crippen molar-refractivity contribution in [3.63, 3.8) is 0 Å². The van der Waals surface area contributed by atoms with E-state index < -0.39 is 10.8 Å². The molecule has 0 aromatic heterocycles. The molecule has 1 fully saturated rings. The van der Waals surface area contributed by atoms with E-state index in [-0.39, 0.29) is 16.6 Å². The molecule has 0 bridgehead atoms. The van der Waals surface area contributed by atoms with E-state index in [2.05, 4.69) is 17.6 Å². The van der Waals surface area contributed by atoms with Gasteiger partial charge in [0.25, 0.3) is 0 Å². The van der Waals surface area contributed by atoms with Crippen LogP contribution in [0.2, 0.25) is 0 Å². The number of hydrogen-bond donors (Lipinski definition) is 2. The van der Waals surface area contributed by atoms with Crippen molar-refractivity contribution in [3.8, 4) is 0 Å². The zero-order valence-electron chi connectivity index (χ0n) is 11.8. The van der Waals surface area contributed by atoms with Crippen molar-refractivity contribution >= 4 is 16.7 Å². The number of amides is 1. The maximum Gasteiger partial charge on any atom is 0.226 e. The van der Waals surface area contributed by atoms with Crippen LogP contribution in [0.4, 0.5) is 0 Å². The molecular formula is C13H26N2O2S. The van der Waals surface area contributed by atoms with Crippen LogP contribution in [-0.4, -0.2) is 41.3 Å². The quantitative estimate of drug-likeness (QED) is 0.761. The molecular weight excluding hydrogens is 248 g/mol. The fraction of sp³-hybridized carbons (Fsp3) is 0.923. The van der Waals surface area contributed by atoms with Gasteiger partial charge in [0.1, 0.15) is 0 Å². The maximum atomic E-state index is 12.3. The summed E-state index contributed by atoms with van der Waals surface area (Å²) >= 11 is 0. The van der Waals surface area contributed by atoms with Gasteiger partial charge in [0.05, 0.1) is 5.41 Å². The molecule has 1 heterocycles. The first kappa shape index (κ1) is 15.6. The molecule has 1 aliphatic rings. The van der Waals surface area contributed by atoms with Crippen LogP contribution in [0.1, 0.15) is 39.5 Å². The predicted molar refractivity (Wildman–Crippen MR) is 76.0 cm³/mol. The van der Waals surface area contributed by atoms with Crippen LogP contribution in [0.25, 0.3) is 0 Å². The summed E-state index contributed by atoms with van der Waals surface area (Å²) in [6, 6.07) is 0. The number of piperidine rings is 1. The maximum absolute atomic E-state index is 12.3. The van der Waals surface area contributed by atoms with Crippen LogP contribution < -0.4 is 10.6 Å². The largest absolute Gasteiger partial charge is 0.356 e. The Hall–Kier alpha value is -0.420. The summed E-state index contributed by atoms with van der Waals surface area (Å²) in [5.74, 6) is 0.181. The lowest BCUT2D eigenvalue weighted by molar-refractivity contribution is -0.132. The van der Waals surface area contributed by atoms with E-state index >= 15 is 0 Å². The van der Waals surface area contributed by atoms with E-state index in [0.29, 0.717) is 6.54 Å². The highest BCUT2D eigenvalue weighted by Crippen LogP contribution is 2.32. The summed E-state index contributed by atoms with van der Waals surface area (Å²) in [5.41, 5.74) is -0.181. The van der Waals surface area contributed by atoms with E-state index in [1.807, 2.05) is 6.92 Å². The first-order valence-corrected chi connectivity index (χ1v) is 8.45. The Bertz CT molecular complexity index is 301. The molecule has 0 aromatic rings. The topological polar surface area (TPSA) is 58.2 Å². The van der Waals surface area contributed by atoms with Crippen LogP contribution in [-0.2, 0) is 15.6 Å².